The molecule has 4 rings (SSSR count). The Bertz CT molecular complexity index is 971. The van der Waals surface area contributed by atoms with E-state index in [9.17, 15) is 19.8 Å². The number of carboxylic acids is 1. The molecule has 1 N–H and O–H groups in total. The van der Waals surface area contributed by atoms with Crippen molar-refractivity contribution >= 4 is 56.8 Å². The zero-order valence-electron chi connectivity index (χ0n) is 13.8. The predicted molar refractivity (Wildman–Crippen MR) is 97.5 cm³/mol. The lowest BCUT2D eigenvalue weighted by Crippen LogP contribution is -2.64. The standard InChI is InChI=1S/C17H15ClN2O4S2/c1-6-12-11(7(2)21)15(22)20(12)13(16(23)24)14(6)26-17-19-9-4-3-8(18)5-10(9)25-17/h3-7,11-12,21H,1-2H3,(H,23,24)/p-1/t6-,7-,11-,12-/m1/s1. The number of halogens is 1. The monoisotopic (exact) mass is 409 g/mol. The second-order valence-electron chi connectivity index (χ2n) is 6.45. The Morgan fingerprint density at radius 3 is 2.88 bits per heavy atom. The summed E-state index contributed by atoms with van der Waals surface area (Å²) in [5, 5.41) is 22.2. The fourth-order valence-electron chi connectivity index (χ4n) is 3.66. The molecule has 6 nitrogen and oxygen atoms in total. The van der Waals surface area contributed by atoms with Crippen LogP contribution in [0.25, 0.3) is 10.2 Å². The summed E-state index contributed by atoms with van der Waals surface area (Å²) in [5.41, 5.74) is 0.677. The summed E-state index contributed by atoms with van der Waals surface area (Å²) in [7, 11) is 0. The van der Waals surface area contributed by atoms with Gasteiger partial charge in [0, 0.05) is 15.8 Å². The van der Waals surface area contributed by atoms with Crippen molar-refractivity contribution in [3.63, 3.8) is 0 Å². The van der Waals surface area contributed by atoms with Crippen molar-refractivity contribution in [3.05, 3.63) is 33.8 Å². The van der Waals surface area contributed by atoms with Gasteiger partial charge in [0.15, 0.2) is 4.34 Å². The molecule has 2 aliphatic rings. The number of hydrogen-bond donors (Lipinski definition) is 1. The highest BCUT2D eigenvalue weighted by Crippen LogP contribution is 2.52. The maximum atomic E-state index is 12.3. The molecule has 0 radical (unpaired) electrons. The average molecular weight is 410 g/mol. The highest BCUT2D eigenvalue weighted by molar-refractivity contribution is 8.04. The summed E-state index contributed by atoms with van der Waals surface area (Å²) in [4.78, 5) is 30.3. The summed E-state index contributed by atoms with van der Waals surface area (Å²) in [6.45, 7) is 3.41. The molecular weight excluding hydrogens is 396 g/mol. The minimum Gasteiger partial charge on any atom is -0.543 e. The normalized spacial score (nSPS) is 26.2. The number of fused-ring (bicyclic) bond motifs is 2. The number of carbonyl (C=O) groups excluding carboxylic acids is 2. The summed E-state index contributed by atoms with van der Waals surface area (Å²) in [6.07, 6.45) is -0.830. The number of rotatable bonds is 4. The Balaban J connectivity index is 1.72. The van der Waals surface area contributed by atoms with E-state index in [1.807, 2.05) is 19.1 Å². The van der Waals surface area contributed by atoms with Gasteiger partial charge in [-0.3, -0.25) is 4.79 Å². The van der Waals surface area contributed by atoms with E-state index < -0.39 is 18.0 Å². The fourth-order valence-corrected chi connectivity index (χ4v) is 6.28. The van der Waals surface area contributed by atoms with E-state index in [-0.39, 0.29) is 23.6 Å². The molecule has 1 aromatic heterocycles. The Morgan fingerprint density at radius 1 is 1.50 bits per heavy atom. The van der Waals surface area contributed by atoms with Crippen LogP contribution in [0, 0.1) is 11.8 Å². The number of nitrogens with zero attached hydrogens (tertiary/aromatic N) is 2. The number of thioether (sulfide) groups is 1. The molecule has 1 fully saturated rings. The number of aliphatic hydroxyl groups is 1. The molecule has 3 heterocycles. The van der Waals surface area contributed by atoms with Crippen LogP contribution >= 0.6 is 34.7 Å². The molecule has 2 aliphatic heterocycles. The van der Waals surface area contributed by atoms with Gasteiger partial charge in [-0.15, -0.1) is 11.3 Å². The minimum absolute atomic E-state index is 0.105. The number of β-lactam (4-membered cyclic amide) rings is 1. The molecule has 0 spiro atoms. The van der Waals surface area contributed by atoms with Crippen molar-refractivity contribution in [1.29, 1.82) is 0 Å². The number of hydrogen-bond acceptors (Lipinski definition) is 7. The molecule has 136 valence electrons. The molecule has 1 saturated heterocycles. The van der Waals surface area contributed by atoms with Gasteiger partial charge in [0.1, 0.15) is 0 Å². The van der Waals surface area contributed by atoms with Crippen LogP contribution in [-0.4, -0.2) is 39.0 Å². The molecule has 1 aromatic carbocycles. The van der Waals surface area contributed by atoms with E-state index in [2.05, 4.69) is 4.98 Å². The number of aromatic nitrogens is 1. The van der Waals surface area contributed by atoms with Crippen LogP contribution in [-0.2, 0) is 9.59 Å². The topological polar surface area (TPSA) is 93.6 Å². The first kappa shape index (κ1) is 17.8. The summed E-state index contributed by atoms with van der Waals surface area (Å²) in [5.74, 6) is -2.57. The lowest BCUT2D eigenvalue weighted by atomic mass is 9.79. The minimum atomic E-state index is -1.39. The van der Waals surface area contributed by atoms with Gasteiger partial charge in [0.05, 0.1) is 39.9 Å². The second-order valence-corrected chi connectivity index (χ2v) is 9.20. The fraction of sp³-hybridized carbons (Fsp3) is 0.353. The Morgan fingerprint density at radius 2 is 2.23 bits per heavy atom. The number of aliphatic hydroxyl groups excluding tert-OH is 1. The van der Waals surface area contributed by atoms with E-state index in [0.717, 1.165) is 10.2 Å². The smallest absolute Gasteiger partial charge is 0.235 e. The SMILES string of the molecule is C[C@@H](O)[C@H]1C(=O)N2C(C(=O)[O-])=C(Sc3nc4ccc(Cl)cc4s3)[C@H](C)[C@H]12. The largest absolute Gasteiger partial charge is 0.543 e. The molecule has 4 atom stereocenters. The molecule has 0 unspecified atom stereocenters. The van der Waals surface area contributed by atoms with Gasteiger partial charge in [-0.25, -0.2) is 4.98 Å². The van der Waals surface area contributed by atoms with Crippen molar-refractivity contribution in [2.75, 3.05) is 0 Å². The van der Waals surface area contributed by atoms with Crippen LogP contribution < -0.4 is 5.11 Å². The number of benzene rings is 1. The molecular formula is C17H14ClN2O4S2-. The van der Waals surface area contributed by atoms with Gasteiger partial charge >= 0.3 is 0 Å². The van der Waals surface area contributed by atoms with E-state index in [4.69, 9.17) is 11.6 Å². The van der Waals surface area contributed by atoms with Crippen molar-refractivity contribution in [3.8, 4) is 0 Å². The third-order valence-electron chi connectivity index (χ3n) is 4.83. The van der Waals surface area contributed by atoms with Crippen LogP contribution in [0.2, 0.25) is 5.02 Å². The maximum absolute atomic E-state index is 12.3. The Labute approximate surface area is 162 Å². The number of carboxylic acid groups (broad SMARTS) is 1. The van der Waals surface area contributed by atoms with Crippen LogP contribution in [0.1, 0.15) is 13.8 Å². The second kappa shape index (κ2) is 6.23. The zero-order valence-corrected chi connectivity index (χ0v) is 16.2. The summed E-state index contributed by atoms with van der Waals surface area (Å²) in [6, 6.07) is 5.01. The molecule has 0 bridgehead atoms. The molecule has 26 heavy (non-hydrogen) atoms. The molecule has 9 heteroatoms. The van der Waals surface area contributed by atoms with Crippen LogP contribution in [0.3, 0.4) is 0 Å². The van der Waals surface area contributed by atoms with Crippen LogP contribution in [0.5, 0.6) is 0 Å². The van der Waals surface area contributed by atoms with Gasteiger partial charge in [0.25, 0.3) is 0 Å². The van der Waals surface area contributed by atoms with Crippen molar-refractivity contribution in [2.24, 2.45) is 11.8 Å². The van der Waals surface area contributed by atoms with Crippen molar-refractivity contribution < 1.29 is 19.8 Å². The number of thiazole rings is 1. The number of aliphatic carboxylic acids is 1. The molecule has 0 aliphatic carbocycles. The first-order chi connectivity index (χ1) is 12.3. The van der Waals surface area contributed by atoms with E-state index in [0.29, 0.717) is 14.3 Å². The lowest BCUT2D eigenvalue weighted by molar-refractivity contribution is -0.301. The van der Waals surface area contributed by atoms with Crippen molar-refractivity contribution in [2.45, 2.75) is 30.3 Å². The first-order valence-electron chi connectivity index (χ1n) is 8.00. The van der Waals surface area contributed by atoms with Gasteiger partial charge in [-0.2, -0.15) is 0 Å². The van der Waals surface area contributed by atoms with Crippen molar-refractivity contribution in [1.82, 2.24) is 9.88 Å². The Kier molecular flexibility index (Phi) is 4.26. The molecule has 0 saturated carbocycles. The van der Waals surface area contributed by atoms with Gasteiger partial charge in [0.2, 0.25) is 5.91 Å². The lowest BCUT2D eigenvalue weighted by Gasteiger charge is -2.47. The van der Waals surface area contributed by atoms with Crippen LogP contribution in [0.15, 0.2) is 33.1 Å². The number of carbonyl (C=O) groups is 2. The Hall–Kier alpha value is -1.61. The predicted octanol–water partition coefficient (Wildman–Crippen LogP) is 1.86. The highest BCUT2D eigenvalue weighted by atomic mass is 35.5. The highest BCUT2D eigenvalue weighted by Gasteiger charge is 2.58. The van der Waals surface area contributed by atoms with Gasteiger partial charge in [-0.1, -0.05) is 30.3 Å². The van der Waals surface area contributed by atoms with Crippen LogP contribution in [0.4, 0.5) is 0 Å². The third-order valence-corrected chi connectivity index (χ3v) is 7.43. The quantitative estimate of drug-likeness (QED) is 0.774. The average Bonchev–Trinajstić information content (AvgIpc) is 3.05. The molecule has 1 amide bonds. The van der Waals surface area contributed by atoms with Gasteiger partial charge < -0.3 is 19.9 Å². The summed E-state index contributed by atoms with van der Waals surface area (Å²) >= 11 is 8.65. The van der Waals surface area contributed by atoms with E-state index >= 15 is 0 Å². The van der Waals surface area contributed by atoms with E-state index in [1.54, 1.807) is 13.0 Å². The number of amides is 1. The summed E-state index contributed by atoms with van der Waals surface area (Å²) < 4.78 is 1.58. The maximum Gasteiger partial charge on any atom is 0.235 e. The van der Waals surface area contributed by atoms with E-state index in [1.165, 1.54) is 28.0 Å². The van der Waals surface area contributed by atoms with Gasteiger partial charge in [-0.05, 0) is 25.1 Å². The zero-order chi connectivity index (χ0) is 18.7. The first-order valence-corrected chi connectivity index (χ1v) is 10.0. The third kappa shape index (κ3) is 2.55. The molecule has 2 aromatic rings.